The van der Waals surface area contributed by atoms with E-state index < -0.39 is 0 Å². The Kier molecular flexibility index (Phi) is 7.20. The zero-order chi connectivity index (χ0) is 16.3. The lowest BCUT2D eigenvalue weighted by atomic mass is 10.2. The second kappa shape index (κ2) is 9.69. The topological polar surface area (TPSA) is 50.7 Å². The van der Waals surface area contributed by atoms with Gasteiger partial charge in [-0.1, -0.05) is 42.5 Å². The maximum Gasteiger partial charge on any atom is 0.250 e. The fourth-order valence-electron chi connectivity index (χ4n) is 1.93. The van der Waals surface area contributed by atoms with Crippen LogP contribution >= 0.6 is 11.8 Å². The van der Waals surface area contributed by atoms with Gasteiger partial charge in [0.05, 0.1) is 19.1 Å². The van der Waals surface area contributed by atoms with Gasteiger partial charge in [0.2, 0.25) is 5.91 Å². The van der Waals surface area contributed by atoms with Crippen molar-refractivity contribution in [3.63, 3.8) is 0 Å². The molecule has 0 saturated heterocycles. The minimum absolute atomic E-state index is 0.0952. The minimum Gasteiger partial charge on any atom is -0.497 e. The molecule has 4 nitrogen and oxygen atoms in total. The van der Waals surface area contributed by atoms with Gasteiger partial charge in [-0.3, -0.25) is 4.79 Å². The smallest absolute Gasteiger partial charge is 0.250 e. The molecule has 0 bridgehead atoms. The maximum atomic E-state index is 11.7. The third-order valence-corrected chi connectivity index (χ3v) is 4.07. The molecule has 1 N–H and O–H groups in total. The number of ether oxygens (including phenoxy) is 1. The van der Waals surface area contributed by atoms with Gasteiger partial charge in [-0.05, 0) is 35.4 Å². The number of carbonyl (C=O) groups is 1. The molecule has 0 aliphatic heterocycles. The fraction of sp³-hybridized carbons (Fsp3) is 0.222. The second-order valence-electron chi connectivity index (χ2n) is 4.86. The third kappa shape index (κ3) is 6.57. The van der Waals surface area contributed by atoms with Crippen LogP contribution in [0.1, 0.15) is 11.1 Å². The quantitative estimate of drug-likeness (QED) is 0.460. The summed E-state index contributed by atoms with van der Waals surface area (Å²) in [6, 6.07) is 17.7. The highest BCUT2D eigenvalue weighted by Crippen LogP contribution is 2.10. The minimum atomic E-state index is -0.0952. The molecule has 2 aromatic rings. The predicted octanol–water partition coefficient (Wildman–Crippen LogP) is 3.12. The molecule has 0 saturated carbocycles. The van der Waals surface area contributed by atoms with Crippen LogP contribution in [0.2, 0.25) is 0 Å². The largest absolute Gasteiger partial charge is 0.497 e. The summed E-state index contributed by atoms with van der Waals surface area (Å²) in [4.78, 5) is 11.7. The summed E-state index contributed by atoms with van der Waals surface area (Å²) in [6.45, 7) is 0. The average Bonchev–Trinajstić information content (AvgIpc) is 2.60. The molecule has 23 heavy (non-hydrogen) atoms. The first-order valence-electron chi connectivity index (χ1n) is 7.35. The third-order valence-electron chi connectivity index (χ3n) is 3.11. The normalized spacial score (nSPS) is 10.7. The van der Waals surface area contributed by atoms with Crippen molar-refractivity contribution >= 4 is 23.9 Å². The number of thioether (sulfide) groups is 1. The van der Waals surface area contributed by atoms with Gasteiger partial charge in [0.25, 0.3) is 0 Å². The number of aryl methyl sites for hydroxylation is 1. The lowest BCUT2D eigenvalue weighted by Crippen LogP contribution is -2.20. The van der Waals surface area contributed by atoms with E-state index in [4.69, 9.17) is 4.74 Å². The van der Waals surface area contributed by atoms with Crippen LogP contribution in [0.5, 0.6) is 5.75 Å². The average molecular weight is 328 g/mol. The van der Waals surface area contributed by atoms with Gasteiger partial charge in [0.1, 0.15) is 5.75 Å². The highest BCUT2D eigenvalue weighted by atomic mass is 32.2. The number of benzene rings is 2. The van der Waals surface area contributed by atoms with Crippen molar-refractivity contribution in [3.05, 3.63) is 65.7 Å². The molecule has 5 heteroatoms. The van der Waals surface area contributed by atoms with Crippen LogP contribution in [0.3, 0.4) is 0 Å². The van der Waals surface area contributed by atoms with Gasteiger partial charge in [-0.25, -0.2) is 5.43 Å². The van der Waals surface area contributed by atoms with E-state index in [9.17, 15) is 4.79 Å². The highest BCUT2D eigenvalue weighted by Gasteiger charge is 2.00. The first-order chi connectivity index (χ1) is 11.3. The van der Waals surface area contributed by atoms with Gasteiger partial charge in [-0.2, -0.15) is 16.9 Å². The summed E-state index contributed by atoms with van der Waals surface area (Å²) >= 11 is 1.60. The fourth-order valence-corrected chi connectivity index (χ4v) is 2.71. The van der Waals surface area contributed by atoms with Crippen molar-refractivity contribution in [2.45, 2.75) is 6.42 Å². The first kappa shape index (κ1) is 17.1. The Labute approximate surface area is 140 Å². The van der Waals surface area contributed by atoms with E-state index in [0.29, 0.717) is 5.75 Å². The molecule has 0 fully saturated rings. The zero-order valence-electron chi connectivity index (χ0n) is 13.1. The standard InChI is InChI=1S/C18H20N2O2S/c1-22-17-9-5-8-16(12-17)13-19-20-18(21)14-23-11-10-15-6-3-2-4-7-15/h2-9,12-13H,10-11,14H2,1H3,(H,20,21)/b19-13-. The number of hydrazone groups is 1. The van der Waals surface area contributed by atoms with Crippen molar-refractivity contribution in [2.24, 2.45) is 5.10 Å². The van der Waals surface area contributed by atoms with Crippen molar-refractivity contribution in [1.29, 1.82) is 0 Å². The van der Waals surface area contributed by atoms with Crippen molar-refractivity contribution in [2.75, 3.05) is 18.6 Å². The molecule has 0 atom stereocenters. The van der Waals surface area contributed by atoms with Gasteiger partial charge in [0, 0.05) is 0 Å². The summed E-state index contributed by atoms with van der Waals surface area (Å²) < 4.78 is 5.13. The first-order valence-corrected chi connectivity index (χ1v) is 8.51. The van der Waals surface area contributed by atoms with Crippen molar-refractivity contribution in [1.82, 2.24) is 5.43 Å². The molecule has 1 amide bonds. The molecular weight excluding hydrogens is 308 g/mol. The van der Waals surface area contributed by atoms with Gasteiger partial charge >= 0.3 is 0 Å². The molecule has 0 aromatic heterocycles. The number of hydrogen-bond donors (Lipinski definition) is 1. The zero-order valence-corrected chi connectivity index (χ0v) is 13.9. The Morgan fingerprint density at radius 1 is 1.22 bits per heavy atom. The van der Waals surface area contributed by atoms with E-state index in [0.717, 1.165) is 23.5 Å². The van der Waals surface area contributed by atoms with Crippen LogP contribution in [0.4, 0.5) is 0 Å². The Balaban J connectivity index is 1.65. The van der Waals surface area contributed by atoms with Crippen LogP contribution in [0, 0.1) is 0 Å². The van der Waals surface area contributed by atoms with Crippen molar-refractivity contribution in [3.8, 4) is 5.75 Å². The summed E-state index contributed by atoms with van der Waals surface area (Å²) in [5, 5.41) is 3.96. The van der Waals surface area contributed by atoms with Crippen LogP contribution in [-0.4, -0.2) is 30.7 Å². The van der Waals surface area contributed by atoms with Crippen LogP contribution < -0.4 is 10.2 Å². The molecule has 0 unspecified atom stereocenters. The molecule has 0 aliphatic rings. The molecular formula is C18H20N2O2S. The molecule has 0 heterocycles. The molecule has 0 radical (unpaired) electrons. The lowest BCUT2D eigenvalue weighted by Gasteiger charge is -2.02. The Hall–Kier alpha value is -2.27. The van der Waals surface area contributed by atoms with E-state index in [1.807, 2.05) is 42.5 Å². The van der Waals surface area contributed by atoms with Gasteiger partial charge < -0.3 is 4.74 Å². The number of amides is 1. The Bertz CT molecular complexity index is 644. The van der Waals surface area contributed by atoms with E-state index in [1.54, 1.807) is 25.1 Å². The Morgan fingerprint density at radius 3 is 2.83 bits per heavy atom. The predicted molar refractivity (Wildman–Crippen MR) is 96.2 cm³/mol. The van der Waals surface area contributed by atoms with Crippen LogP contribution in [0.25, 0.3) is 0 Å². The van der Waals surface area contributed by atoms with E-state index in [2.05, 4.69) is 22.7 Å². The number of carbonyl (C=O) groups excluding carboxylic acids is 1. The summed E-state index contributed by atoms with van der Waals surface area (Å²) in [7, 11) is 1.62. The summed E-state index contributed by atoms with van der Waals surface area (Å²) in [5.74, 6) is 1.98. The van der Waals surface area contributed by atoms with Crippen LogP contribution in [-0.2, 0) is 11.2 Å². The number of rotatable bonds is 8. The highest BCUT2D eigenvalue weighted by molar-refractivity contribution is 7.99. The van der Waals surface area contributed by atoms with E-state index in [-0.39, 0.29) is 5.91 Å². The molecule has 2 aromatic carbocycles. The van der Waals surface area contributed by atoms with E-state index in [1.165, 1.54) is 5.56 Å². The monoisotopic (exact) mass is 328 g/mol. The number of nitrogens with one attached hydrogen (secondary N) is 1. The Morgan fingerprint density at radius 2 is 2.04 bits per heavy atom. The SMILES string of the molecule is COc1cccc(/C=N\NC(=O)CSCCc2ccccc2)c1. The number of hydrogen-bond acceptors (Lipinski definition) is 4. The molecule has 0 spiro atoms. The summed E-state index contributed by atoms with van der Waals surface area (Å²) in [6.07, 6.45) is 2.57. The van der Waals surface area contributed by atoms with Crippen molar-refractivity contribution < 1.29 is 9.53 Å². The van der Waals surface area contributed by atoms with Gasteiger partial charge in [-0.15, -0.1) is 0 Å². The molecule has 120 valence electrons. The van der Waals surface area contributed by atoms with Crippen LogP contribution in [0.15, 0.2) is 59.7 Å². The molecule has 2 rings (SSSR count). The molecule has 0 aliphatic carbocycles. The van der Waals surface area contributed by atoms with Gasteiger partial charge in [0.15, 0.2) is 0 Å². The second-order valence-corrected chi connectivity index (χ2v) is 5.96. The lowest BCUT2D eigenvalue weighted by molar-refractivity contribution is -0.118. The number of nitrogens with zero attached hydrogens (tertiary/aromatic N) is 1. The summed E-state index contributed by atoms with van der Waals surface area (Å²) in [5.41, 5.74) is 4.70. The van der Waals surface area contributed by atoms with E-state index >= 15 is 0 Å². The maximum absolute atomic E-state index is 11.7. The number of methoxy groups -OCH3 is 1.